The Kier molecular flexibility index (Phi) is 4.44. The van der Waals surface area contributed by atoms with Gasteiger partial charge >= 0.3 is 0 Å². The zero-order valence-corrected chi connectivity index (χ0v) is 11.4. The number of aliphatic hydroxyl groups is 1. The molecule has 1 saturated heterocycles. The van der Waals surface area contributed by atoms with E-state index in [0.717, 1.165) is 0 Å². The number of anilines is 1. The molecule has 1 unspecified atom stereocenters. The molecule has 1 atom stereocenters. The standard InChI is InChI=1S/C13H15NO4S/c1-18-10-4-2-3-9(7-10)14-12(16)8-11(13(14)17)19-6-5-15/h2-4,7,11,15H,5-6,8H2,1H3. The summed E-state index contributed by atoms with van der Waals surface area (Å²) in [4.78, 5) is 25.3. The number of aliphatic hydroxyl groups excluding tert-OH is 1. The molecule has 2 amide bonds. The van der Waals surface area contributed by atoms with E-state index in [4.69, 9.17) is 9.84 Å². The SMILES string of the molecule is COc1cccc(N2C(=O)CC(SCCO)C2=O)c1. The zero-order chi connectivity index (χ0) is 13.8. The summed E-state index contributed by atoms with van der Waals surface area (Å²) >= 11 is 1.31. The normalized spacial score (nSPS) is 19.1. The maximum atomic E-state index is 12.2. The fourth-order valence-corrected chi connectivity index (χ4v) is 2.85. The molecule has 6 heteroatoms. The number of hydrogen-bond acceptors (Lipinski definition) is 5. The molecule has 1 fully saturated rings. The number of rotatable bonds is 5. The van der Waals surface area contributed by atoms with Gasteiger partial charge in [0.05, 0.1) is 24.7 Å². The molecule has 0 radical (unpaired) electrons. The third kappa shape index (κ3) is 2.90. The van der Waals surface area contributed by atoms with Crippen LogP contribution in [-0.2, 0) is 9.59 Å². The van der Waals surface area contributed by atoms with Crippen molar-refractivity contribution >= 4 is 29.3 Å². The van der Waals surface area contributed by atoms with Gasteiger partial charge in [-0.25, -0.2) is 4.90 Å². The van der Waals surface area contributed by atoms with Crippen LogP contribution in [0.15, 0.2) is 24.3 Å². The Bertz CT molecular complexity index is 491. The van der Waals surface area contributed by atoms with E-state index in [2.05, 4.69) is 0 Å². The second-order valence-electron chi connectivity index (χ2n) is 4.06. The van der Waals surface area contributed by atoms with Gasteiger partial charge < -0.3 is 9.84 Å². The van der Waals surface area contributed by atoms with E-state index < -0.39 is 5.25 Å². The average Bonchev–Trinajstić information content (AvgIpc) is 2.71. The minimum Gasteiger partial charge on any atom is -0.497 e. The summed E-state index contributed by atoms with van der Waals surface area (Å²) in [7, 11) is 1.53. The summed E-state index contributed by atoms with van der Waals surface area (Å²) in [6.45, 7) is 0.00178. The van der Waals surface area contributed by atoms with E-state index in [1.807, 2.05) is 0 Å². The number of carbonyl (C=O) groups is 2. The molecule has 1 N–H and O–H groups in total. The third-order valence-electron chi connectivity index (χ3n) is 2.83. The first-order chi connectivity index (χ1) is 9.17. The van der Waals surface area contributed by atoms with E-state index in [1.165, 1.54) is 23.8 Å². The number of thioether (sulfide) groups is 1. The smallest absolute Gasteiger partial charge is 0.247 e. The summed E-state index contributed by atoms with van der Waals surface area (Å²) < 4.78 is 5.09. The van der Waals surface area contributed by atoms with Crippen molar-refractivity contribution in [1.29, 1.82) is 0 Å². The van der Waals surface area contributed by atoms with E-state index in [0.29, 0.717) is 17.2 Å². The Hall–Kier alpha value is -1.53. The predicted molar refractivity (Wildman–Crippen MR) is 73.4 cm³/mol. The van der Waals surface area contributed by atoms with Crippen LogP contribution in [0.5, 0.6) is 5.75 Å². The number of ether oxygens (including phenoxy) is 1. The van der Waals surface area contributed by atoms with Crippen LogP contribution in [0, 0.1) is 0 Å². The predicted octanol–water partition coefficient (Wildman–Crippen LogP) is 1.05. The van der Waals surface area contributed by atoms with Crippen molar-refractivity contribution in [3.05, 3.63) is 24.3 Å². The van der Waals surface area contributed by atoms with E-state index in [1.54, 1.807) is 24.3 Å². The first kappa shape index (κ1) is 13.9. The van der Waals surface area contributed by atoms with Crippen molar-refractivity contribution in [2.45, 2.75) is 11.7 Å². The van der Waals surface area contributed by atoms with Crippen LogP contribution in [0.2, 0.25) is 0 Å². The molecule has 0 spiro atoms. The molecule has 1 aliphatic heterocycles. The molecular formula is C13H15NO4S. The van der Waals surface area contributed by atoms with Crippen LogP contribution in [0.3, 0.4) is 0 Å². The topological polar surface area (TPSA) is 66.8 Å². The maximum absolute atomic E-state index is 12.2. The van der Waals surface area contributed by atoms with Gasteiger partial charge in [-0.15, -0.1) is 11.8 Å². The Balaban J connectivity index is 2.19. The van der Waals surface area contributed by atoms with Gasteiger partial charge in [0.1, 0.15) is 5.75 Å². The highest BCUT2D eigenvalue weighted by Gasteiger charge is 2.39. The quantitative estimate of drug-likeness (QED) is 0.817. The molecular weight excluding hydrogens is 266 g/mol. The van der Waals surface area contributed by atoms with Gasteiger partial charge in [0.25, 0.3) is 0 Å². The van der Waals surface area contributed by atoms with Crippen LogP contribution in [0.1, 0.15) is 6.42 Å². The number of imide groups is 1. The molecule has 1 aromatic carbocycles. The lowest BCUT2D eigenvalue weighted by Crippen LogP contribution is -2.31. The largest absolute Gasteiger partial charge is 0.497 e. The van der Waals surface area contributed by atoms with Crippen molar-refractivity contribution in [2.24, 2.45) is 0 Å². The first-order valence-corrected chi connectivity index (χ1v) is 6.95. The fourth-order valence-electron chi connectivity index (χ4n) is 1.95. The average molecular weight is 281 g/mol. The van der Waals surface area contributed by atoms with Gasteiger partial charge in [-0.05, 0) is 12.1 Å². The maximum Gasteiger partial charge on any atom is 0.247 e. The van der Waals surface area contributed by atoms with Crippen LogP contribution < -0.4 is 9.64 Å². The molecule has 0 aliphatic carbocycles. The lowest BCUT2D eigenvalue weighted by Gasteiger charge is -2.15. The van der Waals surface area contributed by atoms with Gasteiger partial charge in [0.2, 0.25) is 11.8 Å². The Morgan fingerprint density at radius 1 is 1.47 bits per heavy atom. The number of nitrogens with zero attached hydrogens (tertiary/aromatic N) is 1. The molecule has 0 aromatic heterocycles. The minimum absolute atomic E-state index is 0.00178. The van der Waals surface area contributed by atoms with Crippen molar-refractivity contribution in [2.75, 3.05) is 24.4 Å². The van der Waals surface area contributed by atoms with Crippen LogP contribution in [0.25, 0.3) is 0 Å². The molecule has 2 rings (SSSR count). The van der Waals surface area contributed by atoms with Crippen LogP contribution in [0.4, 0.5) is 5.69 Å². The van der Waals surface area contributed by atoms with Gasteiger partial charge in [-0.3, -0.25) is 9.59 Å². The Labute approximate surface area is 115 Å². The second-order valence-corrected chi connectivity index (χ2v) is 5.37. The Morgan fingerprint density at radius 3 is 2.95 bits per heavy atom. The molecule has 0 bridgehead atoms. The molecule has 1 aliphatic rings. The lowest BCUT2D eigenvalue weighted by molar-refractivity contribution is -0.121. The number of benzene rings is 1. The first-order valence-electron chi connectivity index (χ1n) is 5.90. The second kappa shape index (κ2) is 6.08. The lowest BCUT2D eigenvalue weighted by atomic mass is 10.3. The number of carbonyl (C=O) groups excluding carboxylic acids is 2. The van der Waals surface area contributed by atoms with Crippen molar-refractivity contribution in [3.63, 3.8) is 0 Å². The van der Waals surface area contributed by atoms with Crippen molar-refractivity contribution < 1.29 is 19.4 Å². The molecule has 5 nitrogen and oxygen atoms in total. The molecule has 19 heavy (non-hydrogen) atoms. The third-order valence-corrected chi connectivity index (χ3v) is 4.02. The summed E-state index contributed by atoms with van der Waals surface area (Å²) in [5.74, 6) is 0.616. The summed E-state index contributed by atoms with van der Waals surface area (Å²) in [5.41, 5.74) is 0.529. The fraction of sp³-hybridized carbons (Fsp3) is 0.385. The number of amides is 2. The van der Waals surface area contributed by atoms with E-state index in [-0.39, 0.29) is 24.8 Å². The molecule has 1 aromatic rings. The Morgan fingerprint density at radius 2 is 2.26 bits per heavy atom. The highest BCUT2D eigenvalue weighted by molar-refractivity contribution is 8.00. The summed E-state index contributed by atoms with van der Waals surface area (Å²) in [6, 6.07) is 6.86. The van der Waals surface area contributed by atoms with Gasteiger partial charge in [-0.2, -0.15) is 0 Å². The monoisotopic (exact) mass is 281 g/mol. The minimum atomic E-state index is -0.397. The van der Waals surface area contributed by atoms with Crippen molar-refractivity contribution in [1.82, 2.24) is 0 Å². The van der Waals surface area contributed by atoms with Gasteiger partial charge in [0.15, 0.2) is 0 Å². The van der Waals surface area contributed by atoms with Gasteiger partial charge in [-0.1, -0.05) is 6.07 Å². The zero-order valence-electron chi connectivity index (χ0n) is 10.5. The highest BCUT2D eigenvalue weighted by atomic mass is 32.2. The van der Waals surface area contributed by atoms with E-state index in [9.17, 15) is 9.59 Å². The summed E-state index contributed by atoms with van der Waals surface area (Å²) in [5, 5.41) is 8.39. The number of methoxy groups -OCH3 is 1. The molecule has 0 saturated carbocycles. The molecule has 102 valence electrons. The number of hydrogen-bond donors (Lipinski definition) is 1. The highest BCUT2D eigenvalue weighted by Crippen LogP contribution is 2.31. The van der Waals surface area contributed by atoms with Crippen LogP contribution in [-0.4, -0.2) is 41.6 Å². The summed E-state index contributed by atoms with van der Waals surface area (Å²) in [6.07, 6.45) is 0.181. The molecule has 1 heterocycles. The van der Waals surface area contributed by atoms with Crippen LogP contribution >= 0.6 is 11.8 Å². The van der Waals surface area contributed by atoms with E-state index >= 15 is 0 Å². The van der Waals surface area contributed by atoms with Crippen molar-refractivity contribution in [3.8, 4) is 5.75 Å². The van der Waals surface area contributed by atoms with Gasteiger partial charge in [0, 0.05) is 18.2 Å².